The third-order valence-corrected chi connectivity index (χ3v) is 2.44. The fourth-order valence-corrected chi connectivity index (χ4v) is 1.51. The Morgan fingerprint density at radius 2 is 1.90 bits per heavy atom. The van der Waals surface area contributed by atoms with Gasteiger partial charge in [-0.05, 0) is 30.3 Å². The fourth-order valence-electron chi connectivity index (χ4n) is 1.51. The summed E-state index contributed by atoms with van der Waals surface area (Å²) < 4.78 is 37.6. The second-order valence-corrected chi connectivity index (χ2v) is 4.06. The van der Waals surface area contributed by atoms with Crippen molar-refractivity contribution in [3.05, 3.63) is 48.2 Å². The van der Waals surface area contributed by atoms with Gasteiger partial charge in [-0.1, -0.05) is 6.07 Å². The Morgan fingerprint density at radius 3 is 2.52 bits per heavy atom. The van der Waals surface area contributed by atoms with Crippen molar-refractivity contribution in [3.63, 3.8) is 0 Å². The Hall–Kier alpha value is -2.77. The number of aromatic nitrogens is 1. The predicted molar refractivity (Wildman–Crippen MR) is 70.0 cm³/mol. The summed E-state index contributed by atoms with van der Waals surface area (Å²) in [6.45, 7) is 0. The topological polar surface area (TPSA) is 74.2 Å². The number of amides is 2. The van der Waals surface area contributed by atoms with Gasteiger partial charge in [-0.25, -0.2) is 9.78 Å². The molecule has 2 aromatic rings. The Kier molecular flexibility index (Phi) is 3.97. The van der Waals surface area contributed by atoms with Crippen molar-refractivity contribution < 1.29 is 23.1 Å². The van der Waals surface area contributed by atoms with E-state index in [-0.39, 0.29) is 17.3 Å². The van der Waals surface area contributed by atoms with Gasteiger partial charge >= 0.3 is 12.2 Å². The maximum atomic E-state index is 12.5. The first-order chi connectivity index (χ1) is 9.84. The number of urea groups is 1. The van der Waals surface area contributed by atoms with Crippen LogP contribution >= 0.6 is 0 Å². The molecule has 0 unspecified atom stereocenters. The Morgan fingerprint density at radius 1 is 1.14 bits per heavy atom. The quantitative estimate of drug-likeness (QED) is 0.794. The fraction of sp³-hybridized carbons (Fsp3) is 0.0769. The lowest BCUT2D eigenvalue weighted by Crippen LogP contribution is -2.20. The van der Waals surface area contributed by atoms with Gasteiger partial charge in [0.05, 0.1) is 11.8 Å². The standard InChI is InChI=1S/C13H10F3N3O2/c14-13(15,16)8-2-1-3-9(6-8)18-12(21)19-11-5-4-10(20)7-17-11/h1-7,20H,(H2,17,18,19,21). The third kappa shape index (κ3) is 4.10. The SMILES string of the molecule is O=C(Nc1cccc(C(F)(F)F)c1)Nc1ccc(O)cn1. The van der Waals surface area contributed by atoms with Crippen molar-refractivity contribution in [1.29, 1.82) is 0 Å². The van der Waals surface area contributed by atoms with E-state index in [1.165, 1.54) is 24.3 Å². The minimum absolute atomic E-state index is 0.00102. The minimum Gasteiger partial charge on any atom is -0.506 e. The average Bonchev–Trinajstić information content (AvgIpc) is 2.41. The second-order valence-electron chi connectivity index (χ2n) is 4.06. The molecule has 0 aliphatic heterocycles. The van der Waals surface area contributed by atoms with E-state index in [1.54, 1.807) is 0 Å². The van der Waals surface area contributed by atoms with Crippen molar-refractivity contribution >= 4 is 17.5 Å². The molecule has 1 aromatic carbocycles. The summed E-state index contributed by atoms with van der Waals surface area (Å²) in [6, 6.07) is 6.17. The highest BCUT2D eigenvalue weighted by atomic mass is 19.4. The zero-order valence-electron chi connectivity index (χ0n) is 10.5. The number of pyridine rings is 1. The molecule has 0 spiro atoms. The number of benzene rings is 1. The number of carbonyl (C=O) groups excluding carboxylic acids is 1. The number of alkyl halides is 3. The Bertz CT molecular complexity index is 642. The Balaban J connectivity index is 2.04. The van der Waals surface area contributed by atoms with Crippen LogP contribution in [0.3, 0.4) is 0 Å². The van der Waals surface area contributed by atoms with Gasteiger partial charge in [0.15, 0.2) is 0 Å². The number of halogens is 3. The molecule has 2 amide bonds. The summed E-state index contributed by atoms with van der Waals surface area (Å²) in [7, 11) is 0. The lowest BCUT2D eigenvalue weighted by atomic mass is 10.2. The molecular formula is C13H10F3N3O2. The van der Waals surface area contributed by atoms with Crippen LogP contribution in [-0.4, -0.2) is 16.1 Å². The van der Waals surface area contributed by atoms with Crippen molar-refractivity contribution in [2.24, 2.45) is 0 Å². The van der Waals surface area contributed by atoms with Gasteiger partial charge in [0.2, 0.25) is 0 Å². The molecule has 1 heterocycles. The molecule has 0 atom stereocenters. The molecule has 8 heteroatoms. The molecule has 110 valence electrons. The maximum absolute atomic E-state index is 12.5. The molecule has 1 aromatic heterocycles. The highest BCUT2D eigenvalue weighted by Crippen LogP contribution is 2.30. The summed E-state index contributed by atoms with van der Waals surface area (Å²) >= 11 is 0. The largest absolute Gasteiger partial charge is 0.506 e. The monoisotopic (exact) mass is 297 g/mol. The first-order valence-corrected chi connectivity index (χ1v) is 5.75. The van der Waals surface area contributed by atoms with E-state index in [2.05, 4.69) is 15.6 Å². The maximum Gasteiger partial charge on any atom is 0.416 e. The van der Waals surface area contributed by atoms with Crippen molar-refractivity contribution in [2.45, 2.75) is 6.18 Å². The van der Waals surface area contributed by atoms with E-state index in [4.69, 9.17) is 5.11 Å². The number of carbonyl (C=O) groups is 1. The van der Waals surface area contributed by atoms with E-state index in [0.717, 1.165) is 18.3 Å². The number of hydrogen-bond donors (Lipinski definition) is 3. The van der Waals surface area contributed by atoms with E-state index in [0.29, 0.717) is 0 Å². The molecule has 0 radical (unpaired) electrons. The van der Waals surface area contributed by atoms with Crippen LogP contribution in [0.5, 0.6) is 5.75 Å². The number of aromatic hydroxyl groups is 1. The molecule has 3 N–H and O–H groups in total. The van der Waals surface area contributed by atoms with Gasteiger partial charge in [0.25, 0.3) is 0 Å². The van der Waals surface area contributed by atoms with Crippen molar-refractivity contribution in [3.8, 4) is 5.75 Å². The molecule has 0 aliphatic carbocycles. The predicted octanol–water partition coefficient (Wildman–Crippen LogP) is 3.45. The Labute approximate surface area is 117 Å². The van der Waals surface area contributed by atoms with Crippen LogP contribution in [-0.2, 0) is 6.18 Å². The van der Waals surface area contributed by atoms with Crippen molar-refractivity contribution in [1.82, 2.24) is 4.98 Å². The van der Waals surface area contributed by atoms with Gasteiger partial charge in [-0.3, -0.25) is 5.32 Å². The highest BCUT2D eigenvalue weighted by Gasteiger charge is 2.30. The van der Waals surface area contributed by atoms with Crippen LogP contribution in [0.1, 0.15) is 5.56 Å². The van der Waals surface area contributed by atoms with Crippen LogP contribution in [0, 0.1) is 0 Å². The number of rotatable bonds is 2. The normalized spacial score (nSPS) is 11.0. The molecule has 0 aliphatic rings. The molecular weight excluding hydrogens is 287 g/mol. The average molecular weight is 297 g/mol. The first-order valence-electron chi connectivity index (χ1n) is 5.75. The molecule has 0 saturated heterocycles. The molecule has 0 saturated carbocycles. The molecule has 0 bridgehead atoms. The van der Waals surface area contributed by atoms with Gasteiger partial charge in [0, 0.05) is 5.69 Å². The number of nitrogens with zero attached hydrogens (tertiary/aromatic N) is 1. The summed E-state index contributed by atoms with van der Waals surface area (Å²) in [5.74, 6) is 0.0797. The highest BCUT2D eigenvalue weighted by molar-refractivity contribution is 5.99. The van der Waals surface area contributed by atoms with Gasteiger partial charge in [-0.2, -0.15) is 13.2 Å². The van der Waals surface area contributed by atoms with Crippen LogP contribution in [0.25, 0.3) is 0 Å². The van der Waals surface area contributed by atoms with Gasteiger partial charge in [-0.15, -0.1) is 0 Å². The van der Waals surface area contributed by atoms with Crippen LogP contribution in [0.4, 0.5) is 29.5 Å². The number of hydrogen-bond acceptors (Lipinski definition) is 3. The summed E-state index contributed by atoms with van der Waals surface area (Å²) in [5.41, 5.74) is -0.857. The van der Waals surface area contributed by atoms with Crippen molar-refractivity contribution in [2.75, 3.05) is 10.6 Å². The number of anilines is 2. The van der Waals surface area contributed by atoms with E-state index in [1.807, 2.05) is 0 Å². The van der Waals surface area contributed by atoms with Gasteiger partial charge < -0.3 is 10.4 Å². The number of nitrogens with one attached hydrogen (secondary N) is 2. The van der Waals surface area contributed by atoms with Crippen LogP contribution < -0.4 is 10.6 Å². The molecule has 2 rings (SSSR count). The van der Waals surface area contributed by atoms with Crippen LogP contribution in [0.2, 0.25) is 0 Å². The minimum atomic E-state index is -4.48. The van der Waals surface area contributed by atoms with E-state index in [9.17, 15) is 18.0 Å². The zero-order valence-corrected chi connectivity index (χ0v) is 10.5. The molecule has 5 nitrogen and oxygen atoms in total. The smallest absolute Gasteiger partial charge is 0.416 e. The summed E-state index contributed by atoms with van der Waals surface area (Å²) in [6.07, 6.45) is -3.35. The van der Waals surface area contributed by atoms with E-state index < -0.39 is 17.8 Å². The zero-order chi connectivity index (χ0) is 15.5. The second kappa shape index (κ2) is 5.70. The lowest BCUT2D eigenvalue weighted by molar-refractivity contribution is -0.137. The third-order valence-electron chi connectivity index (χ3n) is 2.44. The summed E-state index contributed by atoms with van der Waals surface area (Å²) in [5, 5.41) is 13.6. The first kappa shape index (κ1) is 14.6. The van der Waals surface area contributed by atoms with E-state index >= 15 is 0 Å². The van der Waals surface area contributed by atoms with Gasteiger partial charge in [0.1, 0.15) is 11.6 Å². The molecule has 21 heavy (non-hydrogen) atoms. The lowest BCUT2D eigenvalue weighted by Gasteiger charge is -2.10. The molecule has 0 fully saturated rings. The summed E-state index contributed by atoms with van der Waals surface area (Å²) in [4.78, 5) is 15.3. The van der Waals surface area contributed by atoms with Crippen LogP contribution in [0.15, 0.2) is 42.6 Å².